The Bertz CT molecular complexity index is 695. The van der Waals surface area contributed by atoms with Crippen LogP contribution in [-0.4, -0.2) is 29.3 Å². The second-order valence-electron chi connectivity index (χ2n) is 9.70. The van der Waals surface area contributed by atoms with Crippen molar-refractivity contribution in [2.45, 2.75) is 110 Å². The second kappa shape index (κ2) is 14.0. The Morgan fingerprint density at radius 2 is 1.56 bits per heavy atom. The van der Waals surface area contributed by atoms with Crippen molar-refractivity contribution in [2.75, 3.05) is 0 Å². The van der Waals surface area contributed by atoms with Crippen LogP contribution in [-0.2, 0) is 20.7 Å². The maximum absolute atomic E-state index is 13.1. The Labute approximate surface area is 195 Å². The number of carbonyl (C=O) groups is 2. The highest BCUT2D eigenvalue weighted by molar-refractivity contribution is 5.82. The van der Waals surface area contributed by atoms with Gasteiger partial charge in [-0.15, -0.1) is 0 Å². The van der Waals surface area contributed by atoms with E-state index < -0.39 is 29.3 Å². The number of esters is 1. The van der Waals surface area contributed by atoms with E-state index in [1.54, 1.807) is 26.8 Å². The molecule has 1 amide bonds. The van der Waals surface area contributed by atoms with E-state index in [9.17, 15) is 9.59 Å². The molecule has 0 aliphatic heterocycles. The SMILES string of the molecule is C=CC(C)(CCCCCCCCC)OC(=O)[C@H](Cc1ccccc1)NC(=O)OC(C)(C)C. The summed E-state index contributed by atoms with van der Waals surface area (Å²) in [5.41, 5.74) is -0.499. The number of hydrogen-bond acceptors (Lipinski definition) is 4. The van der Waals surface area contributed by atoms with E-state index >= 15 is 0 Å². The molecule has 2 atom stereocenters. The molecule has 1 aromatic rings. The van der Waals surface area contributed by atoms with Gasteiger partial charge in [-0.05, 0) is 52.2 Å². The Morgan fingerprint density at radius 1 is 0.969 bits per heavy atom. The lowest BCUT2D eigenvalue weighted by molar-refractivity contribution is -0.157. The predicted octanol–water partition coefficient (Wildman–Crippen LogP) is 6.75. The molecule has 0 aromatic heterocycles. The van der Waals surface area contributed by atoms with Gasteiger partial charge in [-0.3, -0.25) is 0 Å². The molecule has 0 radical (unpaired) electrons. The normalized spacial score (nSPS) is 14.2. The number of ether oxygens (including phenoxy) is 2. The van der Waals surface area contributed by atoms with Gasteiger partial charge >= 0.3 is 12.1 Å². The van der Waals surface area contributed by atoms with E-state index in [0.29, 0.717) is 12.8 Å². The molecule has 0 fully saturated rings. The number of benzene rings is 1. The van der Waals surface area contributed by atoms with Crippen LogP contribution < -0.4 is 5.32 Å². The van der Waals surface area contributed by atoms with Gasteiger partial charge < -0.3 is 14.8 Å². The van der Waals surface area contributed by atoms with E-state index in [0.717, 1.165) is 18.4 Å². The average Bonchev–Trinajstić information content (AvgIpc) is 2.72. The quantitative estimate of drug-likeness (QED) is 0.195. The van der Waals surface area contributed by atoms with E-state index in [1.807, 2.05) is 37.3 Å². The topological polar surface area (TPSA) is 64.6 Å². The van der Waals surface area contributed by atoms with Crippen molar-refractivity contribution in [3.05, 3.63) is 48.6 Å². The highest BCUT2D eigenvalue weighted by Gasteiger charge is 2.31. The molecule has 0 heterocycles. The summed E-state index contributed by atoms with van der Waals surface area (Å²) in [7, 11) is 0. The number of nitrogens with one attached hydrogen (secondary N) is 1. The summed E-state index contributed by atoms with van der Waals surface area (Å²) in [6, 6.07) is 8.71. The zero-order chi connectivity index (χ0) is 24.0. The fourth-order valence-electron chi connectivity index (χ4n) is 3.42. The van der Waals surface area contributed by atoms with Crippen LogP contribution in [0.5, 0.6) is 0 Å². The molecule has 0 spiro atoms. The summed E-state index contributed by atoms with van der Waals surface area (Å²) >= 11 is 0. The zero-order valence-corrected chi connectivity index (χ0v) is 20.7. The van der Waals surface area contributed by atoms with Gasteiger partial charge in [-0.1, -0.05) is 82.4 Å². The van der Waals surface area contributed by atoms with Gasteiger partial charge in [0.25, 0.3) is 0 Å². The average molecular weight is 446 g/mol. The lowest BCUT2D eigenvalue weighted by Crippen LogP contribution is -2.47. The molecule has 1 unspecified atom stereocenters. The minimum Gasteiger partial charge on any atom is -0.454 e. The van der Waals surface area contributed by atoms with Crippen molar-refractivity contribution < 1.29 is 19.1 Å². The van der Waals surface area contributed by atoms with Crippen molar-refractivity contribution in [1.82, 2.24) is 5.32 Å². The molecular weight excluding hydrogens is 402 g/mol. The third-order valence-corrected chi connectivity index (χ3v) is 5.30. The Balaban J connectivity index is 2.74. The molecule has 0 aliphatic carbocycles. The van der Waals surface area contributed by atoms with Crippen LogP contribution in [0, 0.1) is 0 Å². The molecule has 1 rings (SSSR count). The number of carbonyl (C=O) groups excluding carboxylic acids is 2. The summed E-state index contributed by atoms with van der Waals surface area (Å²) in [4.78, 5) is 25.4. The number of amides is 1. The molecule has 180 valence electrons. The van der Waals surface area contributed by atoms with Crippen molar-refractivity contribution >= 4 is 12.1 Å². The minimum absolute atomic E-state index is 0.323. The molecule has 0 saturated carbocycles. The summed E-state index contributed by atoms with van der Waals surface area (Å²) in [6.45, 7) is 13.3. The first-order valence-corrected chi connectivity index (χ1v) is 12.0. The van der Waals surface area contributed by atoms with Crippen LogP contribution >= 0.6 is 0 Å². The summed E-state index contributed by atoms with van der Waals surface area (Å²) in [6.07, 6.45) is 10.4. The molecule has 1 aromatic carbocycles. The number of rotatable bonds is 14. The van der Waals surface area contributed by atoms with Crippen LogP contribution in [0.1, 0.15) is 91.5 Å². The molecule has 0 bridgehead atoms. The lowest BCUT2D eigenvalue weighted by Gasteiger charge is -2.29. The van der Waals surface area contributed by atoms with Gasteiger partial charge in [0.05, 0.1) is 0 Å². The third kappa shape index (κ3) is 11.9. The Hall–Kier alpha value is -2.30. The van der Waals surface area contributed by atoms with Crippen molar-refractivity contribution in [1.29, 1.82) is 0 Å². The van der Waals surface area contributed by atoms with Crippen molar-refractivity contribution in [3.63, 3.8) is 0 Å². The van der Waals surface area contributed by atoms with Crippen LogP contribution in [0.4, 0.5) is 4.79 Å². The first-order chi connectivity index (χ1) is 15.1. The second-order valence-corrected chi connectivity index (χ2v) is 9.70. The maximum atomic E-state index is 13.1. The highest BCUT2D eigenvalue weighted by Crippen LogP contribution is 2.23. The first-order valence-electron chi connectivity index (χ1n) is 12.0. The van der Waals surface area contributed by atoms with Gasteiger partial charge in [0.2, 0.25) is 0 Å². The molecule has 1 N–H and O–H groups in total. The van der Waals surface area contributed by atoms with Gasteiger partial charge in [-0.2, -0.15) is 0 Å². The van der Waals surface area contributed by atoms with Crippen LogP contribution in [0.25, 0.3) is 0 Å². The van der Waals surface area contributed by atoms with Gasteiger partial charge in [0, 0.05) is 6.42 Å². The summed E-state index contributed by atoms with van der Waals surface area (Å²) < 4.78 is 11.2. The van der Waals surface area contributed by atoms with E-state index in [4.69, 9.17) is 9.47 Å². The standard InChI is InChI=1S/C27H43NO4/c1-7-9-10-11-12-13-17-20-27(6,8-2)31-24(29)23(21-22-18-15-14-16-19-22)28-25(30)32-26(3,4)5/h8,14-16,18-19,23H,2,7,9-13,17,20-21H2,1,3-6H3,(H,28,30)/t23-,27?/m0/s1. The van der Waals surface area contributed by atoms with Gasteiger partial charge in [-0.25, -0.2) is 9.59 Å². The summed E-state index contributed by atoms with van der Waals surface area (Å²) in [5.74, 6) is -0.481. The van der Waals surface area contributed by atoms with Gasteiger partial charge in [0.1, 0.15) is 17.2 Å². The Morgan fingerprint density at radius 3 is 2.12 bits per heavy atom. The molecule has 0 saturated heterocycles. The fourth-order valence-corrected chi connectivity index (χ4v) is 3.42. The molecule has 5 heteroatoms. The zero-order valence-electron chi connectivity index (χ0n) is 20.7. The largest absolute Gasteiger partial charge is 0.454 e. The first kappa shape index (κ1) is 27.7. The molecule has 32 heavy (non-hydrogen) atoms. The minimum atomic E-state index is -0.847. The summed E-state index contributed by atoms with van der Waals surface area (Å²) in [5, 5.41) is 2.69. The fraction of sp³-hybridized carbons (Fsp3) is 0.630. The van der Waals surface area contributed by atoms with Crippen molar-refractivity contribution in [3.8, 4) is 0 Å². The monoisotopic (exact) mass is 445 g/mol. The number of hydrogen-bond donors (Lipinski definition) is 1. The van der Waals surface area contributed by atoms with Crippen LogP contribution in [0.3, 0.4) is 0 Å². The van der Waals surface area contributed by atoms with E-state index in [-0.39, 0.29) is 0 Å². The van der Waals surface area contributed by atoms with Crippen molar-refractivity contribution in [2.24, 2.45) is 0 Å². The molecule has 5 nitrogen and oxygen atoms in total. The number of unbranched alkanes of at least 4 members (excludes halogenated alkanes) is 6. The van der Waals surface area contributed by atoms with Crippen LogP contribution in [0.15, 0.2) is 43.0 Å². The van der Waals surface area contributed by atoms with Crippen LogP contribution in [0.2, 0.25) is 0 Å². The third-order valence-electron chi connectivity index (χ3n) is 5.30. The Kier molecular flexibility index (Phi) is 12.1. The maximum Gasteiger partial charge on any atom is 0.408 e. The van der Waals surface area contributed by atoms with E-state index in [1.165, 1.54) is 32.1 Å². The predicted molar refractivity (Wildman–Crippen MR) is 131 cm³/mol. The number of alkyl carbamates (subject to hydrolysis) is 1. The molecule has 0 aliphatic rings. The highest BCUT2D eigenvalue weighted by atomic mass is 16.6. The smallest absolute Gasteiger partial charge is 0.408 e. The van der Waals surface area contributed by atoms with Gasteiger partial charge in [0.15, 0.2) is 0 Å². The lowest BCUT2D eigenvalue weighted by atomic mass is 9.97. The molecular formula is C27H43NO4. The van der Waals surface area contributed by atoms with E-state index in [2.05, 4.69) is 18.8 Å².